The first-order valence-electron chi connectivity index (χ1n) is 4.37. The molecular weight excluding hydrogens is 240 g/mol. The number of sulfonamides is 1. The SMILES string of the molecule is CS(=O)(=O)NCC(O)c1ccc(F)c(F)c1. The molecule has 0 aromatic heterocycles. The van der Waals surface area contributed by atoms with Crippen LogP contribution in [0.4, 0.5) is 8.78 Å². The molecule has 1 aromatic carbocycles. The molecule has 1 unspecified atom stereocenters. The van der Waals surface area contributed by atoms with Gasteiger partial charge in [0, 0.05) is 6.54 Å². The Morgan fingerprint density at radius 3 is 2.50 bits per heavy atom. The monoisotopic (exact) mass is 251 g/mol. The first kappa shape index (κ1) is 13.0. The van der Waals surface area contributed by atoms with E-state index in [1.807, 2.05) is 0 Å². The number of benzene rings is 1. The average molecular weight is 251 g/mol. The topological polar surface area (TPSA) is 66.4 Å². The van der Waals surface area contributed by atoms with E-state index in [0.717, 1.165) is 18.4 Å². The Labute approximate surface area is 92.0 Å². The summed E-state index contributed by atoms with van der Waals surface area (Å²) in [6.07, 6.45) is -0.282. The maximum absolute atomic E-state index is 12.8. The van der Waals surface area contributed by atoms with Crippen molar-refractivity contribution < 1.29 is 22.3 Å². The Kier molecular flexibility index (Phi) is 3.95. The highest BCUT2D eigenvalue weighted by Crippen LogP contribution is 2.15. The van der Waals surface area contributed by atoms with E-state index in [-0.39, 0.29) is 12.1 Å². The average Bonchev–Trinajstić information content (AvgIpc) is 2.17. The van der Waals surface area contributed by atoms with Crippen molar-refractivity contribution in [3.8, 4) is 0 Å². The van der Waals surface area contributed by atoms with Crippen LogP contribution in [-0.4, -0.2) is 26.3 Å². The van der Waals surface area contributed by atoms with Crippen LogP contribution in [-0.2, 0) is 10.0 Å². The molecule has 7 heteroatoms. The van der Waals surface area contributed by atoms with Crippen molar-refractivity contribution >= 4 is 10.0 Å². The fourth-order valence-corrected chi connectivity index (χ4v) is 1.53. The Morgan fingerprint density at radius 2 is 2.00 bits per heavy atom. The van der Waals surface area contributed by atoms with Gasteiger partial charge >= 0.3 is 0 Å². The van der Waals surface area contributed by atoms with Crippen molar-refractivity contribution in [2.24, 2.45) is 0 Å². The second-order valence-electron chi connectivity index (χ2n) is 3.31. The molecule has 0 bridgehead atoms. The molecule has 90 valence electrons. The molecule has 0 spiro atoms. The van der Waals surface area contributed by atoms with Crippen LogP contribution in [0.2, 0.25) is 0 Å². The summed E-state index contributed by atoms with van der Waals surface area (Å²) in [4.78, 5) is 0. The Bertz CT molecular complexity index is 476. The number of nitrogens with one attached hydrogen (secondary N) is 1. The molecule has 0 fully saturated rings. The van der Waals surface area contributed by atoms with E-state index in [9.17, 15) is 22.3 Å². The third-order valence-corrected chi connectivity index (χ3v) is 2.56. The lowest BCUT2D eigenvalue weighted by molar-refractivity contribution is 0.181. The highest BCUT2D eigenvalue weighted by Gasteiger charge is 2.12. The molecule has 1 atom stereocenters. The van der Waals surface area contributed by atoms with Gasteiger partial charge in [0.15, 0.2) is 11.6 Å². The molecule has 0 amide bonds. The van der Waals surface area contributed by atoms with Gasteiger partial charge in [0.25, 0.3) is 0 Å². The molecule has 0 aliphatic rings. The van der Waals surface area contributed by atoms with Crippen LogP contribution < -0.4 is 4.72 Å². The van der Waals surface area contributed by atoms with E-state index in [2.05, 4.69) is 4.72 Å². The molecule has 1 aromatic rings. The minimum absolute atomic E-state index is 0.107. The molecule has 0 saturated heterocycles. The van der Waals surface area contributed by atoms with Gasteiger partial charge in [-0.15, -0.1) is 0 Å². The van der Waals surface area contributed by atoms with Gasteiger partial charge < -0.3 is 5.11 Å². The maximum Gasteiger partial charge on any atom is 0.208 e. The van der Waals surface area contributed by atoms with Gasteiger partial charge in [0.2, 0.25) is 10.0 Å². The zero-order valence-electron chi connectivity index (χ0n) is 8.44. The van der Waals surface area contributed by atoms with Crippen molar-refractivity contribution in [3.63, 3.8) is 0 Å². The summed E-state index contributed by atoms with van der Waals surface area (Å²) in [6.45, 7) is -0.288. The van der Waals surface area contributed by atoms with Crippen LogP contribution in [0.1, 0.15) is 11.7 Å². The second kappa shape index (κ2) is 4.86. The summed E-state index contributed by atoms with van der Waals surface area (Å²) in [5, 5.41) is 9.48. The van der Waals surface area contributed by atoms with Crippen LogP contribution in [0.25, 0.3) is 0 Å². The van der Waals surface area contributed by atoms with Gasteiger partial charge in [-0.3, -0.25) is 0 Å². The van der Waals surface area contributed by atoms with Gasteiger partial charge in [-0.25, -0.2) is 21.9 Å². The fraction of sp³-hybridized carbons (Fsp3) is 0.333. The quantitative estimate of drug-likeness (QED) is 0.821. The van der Waals surface area contributed by atoms with Gasteiger partial charge in [-0.05, 0) is 17.7 Å². The normalized spacial score (nSPS) is 13.8. The van der Waals surface area contributed by atoms with E-state index in [4.69, 9.17) is 0 Å². The number of halogens is 2. The summed E-state index contributed by atoms with van der Waals surface area (Å²) in [6, 6.07) is 2.88. The smallest absolute Gasteiger partial charge is 0.208 e. The summed E-state index contributed by atoms with van der Waals surface area (Å²) >= 11 is 0. The molecule has 0 saturated carbocycles. The summed E-state index contributed by atoms with van der Waals surface area (Å²) in [5.74, 6) is -2.11. The van der Waals surface area contributed by atoms with Gasteiger partial charge in [-0.2, -0.15) is 0 Å². The minimum Gasteiger partial charge on any atom is -0.387 e. The van der Waals surface area contributed by atoms with E-state index >= 15 is 0 Å². The number of aliphatic hydroxyl groups is 1. The third-order valence-electron chi connectivity index (χ3n) is 1.87. The van der Waals surface area contributed by atoms with E-state index < -0.39 is 27.8 Å². The van der Waals surface area contributed by atoms with E-state index in [1.54, 1.807) is 0 Å². The van der Waals surface area contributed by atoms with E-state index in [1.165, 1.54) is 6.07 Å². The number of rotatable bonds is 4. The first-order valence-corrected chi connectivity index (χ1v) is 6.26. The Balaban J connectivity index is 2.73. The largest absolute Gasteiger partial charge is 0.387 e. The molecular formula is C9H11F2NO3S. The molecule has 0 aliphatic heterocycles. The molecule has 0 radical (unpaired) electrons. The molecule has 16 heavy (non-hydrogen) atoms. The first-order chi connectivity index (χ1) is 7.29. The van der Waals surface area contributed by atoms with Gasteiger partial charge in [0.1, 0.15) is 0 Å². The number of aliphatic hydroxyl groups excluding tert-OH is 1. The Morgan fingerprint density at radius 1 is 1.38 bits per heavy atom. The summed E-state index contributed by atoms with van der Waals surface area (Å²) in [7, 11) is -3.42. The standard InChI is InChI=1S/C9H11F2NO3S/c1-16(14,15)12-5-9(13)6-2-3-7(10)8(11)4-6/h2-4,9,12-13H,5H2,1H3. The van der Waals surface area contributed by atoms with Gasteiger partial charge in [-0.1, -0.05) is 6.07 Å². The molecule has 2 N–H and O–H groups in total. The van der Waals surface area contributed by atoms with Crippen molar-refractivity contribution in [1.29, 1.82) is 0 Å². The van der Waals surface area contributed by atoms with Crippen LogP contribution >= 0.6 is 0 Å². The lowest BCUT2D eigenvalue weighted by atomic mass is 10.1. The maximum atomic E-state index is 12.8. The highest BCUT2D eigenvalue weighted by molar-refractivity contribution is 7.88. The van der Waals surface area contributed by atoms with Crippen LogP contribution in [0, 0.1) is 11.6 Å². The fourth-order valence-electron chi connectivity index (χ4n) is 1.07. The lowest BCUT2D eigenvalue weighted by Gasteiger charge is -2.11. The molecule has 0 aliphatic carbocycles. The van der Waals surface area contributed by atoms with Crippen molar-refractivity contribution in [2.45, 2.75) is 6.10 Å². The van der Waals surface area contributed by atoms with Crippen molar-refractivity contribution in [1.82, 2.24) is 4.72 Å². The minimum atomic E-state index is -3.42. The molecule has 1 rings (SSSR count). The molecule has 4 nitrogen and oxygen atoms in total. The summed E-state index contributed by atoms with van der Waals surface area (Å²) < 4.78 is 48.9. The van der Waals surface area contributed by atoms with E-state index in [0.29, 0.717) is 0 Å². The zero-order valence-corrected chi connectivity index (χ0v) is 9.26. The van der Waals surface area contributed by atoms with Crippen LogP contribution in [0.15, 0.2) is 18.2 Å². The number of hydrogen-bond acceptors (Lipinski definition) is 3. The lowest BCUT2D eigenvalue weighted by Crippen LogP contribution is -2.27. The van der Waals surface area contributed by atoms with Crippen LogP contribution in [0.3, 0.4) is 0 Å². The Hall–Kier alpha value is -1.05. The van der Waals surface area contributed by atoms with Crippen molar-refractivity contribution in [2.75, 3.05) is 12.8 Å². The number of hydrogen-bond donors (Lipinski definition) is 2. The van der Waals surface area contributed by atoms with Gasteiger partial charge in [0.05, 0.1) is 12.4 Å². The zero-order chi connectivity index (χ0) is 12.3. The van der Waals surface area contributed by atoms with Crippen molar-refractivity contribution in [3.05, 3.63) is 35.4 Å². The van der Waals surface area contributed by atoms with Crippen LogP contribution in [0.5, 0.6) is 0 Å². The molecule has 0 heterocycles. The predicted molar refractivity (Wildman–Crippen MR) is 54.2 cm³/mol. The highest BCUT2D eigenvalue weighted by atomic mass is 32.2. The third kappa shape index (κ3) is 3.84. The second-order valence-corrected chi connectivity index (χ2v) is 5.14. The summed E-state index contributed by atoms with van der Waals surface area (Å²) in [5.41, 5.74) is 0.107. The predicted octanol–water partition coefficient (Wildman–Crippen LogP) is 0.547.